The van der Waals surface area contributed by atoms with E-state index in [1.807, 2.05) is 23.6 Å². The Balaban J connectivity index is 1.69. The molecule has 0 aliphatic carbocycles. The number of hydrogen-bond donors (Lipinski definition) is 1. The van der Waals surface area contributed by atoms with Gasteiger partial charge in [-0.3, -0.25) is 9.36 Å². The van der Waals surface area contributed by atoms with E-state index in [0.717, 1.165) is 0 Å². The zero-order valence-corrected chi connectivity index (χ0v) is 20.2. The topological polar surface area (TPSA) is 87.5 Å². The van der Waals surface area contributed by atoms with Crippen LogP contribution in [0.15, 0.2) is 60.3 Å². The van der Waals surface area contributed by atoms with E-state index in [9.17, 15) is 4.79 Å². The van der Waals surface area contributed by atoms with Crippen molar-refractivity contribution in [3.05, 3.63) is 66.0 Å². The average molecular weight is 489 g/mol. The lowest BCUT2D eigenvalue weighted by atomic mass is 10.2. The Morgan fingerprint density at radius 2 is 2.00 bits per heavy atom. The molecule has 3 rings (SSSR count). The van der Waals surface area contributed by atoms with Gasteiger partial charge in [0.15, 0.2) is 17.1 Å². The number of nitrogens with one attached hydrogen (secondary N) is 1. The molecular formula is C23H25ClN4O4S. The molecule has 0 radical (unpaired) electrons. The van der Waals surface area contributed by atoms with Gasteiger partial charge in [0.25, 0.3) is 0 Å². The van der Waals surface area contributed by atoms with Crippen LogP contribution in [0.25, 0.3) is 0 Å². The number of methoxy groups -OCH3 is 2. The number of carbonyl (C=O) groups is 1. The maximum Gasteiger partial charge on any atom is 0.234 e. The van der Waals surface area contributed by atoms with Crippen molar-refractivity contribution < 1.29 is 19.0 Å². The second kappa shape index (κ2) is 11.6. The first-order valence-corrected chi connectivity index (χ1v) is 11.4. The number of ether oxygens (including phenoxy) is 3. The number of allylic oxidation sites excluding steroid dienone is 1. The summed E-state index contributed by atoms with van der Waals surface area (Å²) in [5.74, 6) is 2.23. The molecule has 0 spiro atoms. The number of amides is 1. The van der Waals surface area contributed by atoms with E-state index in [1.54, 1.807) is 43.5 Å². The molecule has 1 amide bonds. The average Bonchev–Trinajstić information content (AvgIpc) is 3.22. The maximum absolute atomic E-state index is 12.6. The summed E-state index contributed by atoms with van der Waals surface area (Å²) < 4.78 is 18.4. The molecule has 0 saturated heterocycles. The standard InChI is InChI=1S/C23H25ClN4O4S/c1-5-12-28-22(15(2)32-19-9-7-6-8-17(19)24)26-27-23(28)33-14-21(29)25-18-11-10-16(30-3)13-20(18)31-4/h5-11,13,15H,1,12,14H2,2-4H3,(H,25,29). The lowest BCUT2D eigenvalue weighted by molar-refractivity contribution is -0.113. The Morgan fingerprint density at radius 3 is 2.70 bits per heavy atom. The van der Waals surface area contributed by atoms with E-state index < -0.39 is 6.10 Å². The second-order valence-corrected chi connectivity index (χ2v) is 8.18. The van der Waals surface area contributed by atoms with Gasteiger partial charge in [0.1, 0.15) is 17.2 Å². The Morgan fingerprint density at radius 1 is 1.21 bits per heavy atom. The summed E-state index contributed by atoms with van der Waals surface area (Å²) in [6, 6.07) is 12.4. The fraction of sp³-hybridized carbons (Fsp3) is 0.261. The van der Waals surface area contributed by atoms with Crippen LogP contribution in [0.2, 0.25) is 5.02 Å². The summed E-state index contributed by atoms with van der Waals surface area (Å²) in [6.07, 6.45) is 1.32. The number of anilines is 1. The summed E-state index contributed by atoms with van der Waals surface area (Å²) in [4.78, 5) is 12.6. The quantitative estimate of drug-likeness (QED) is 0.300. The van der Waals surface area contributed by atoms with Crippen LogP contribution >= 0.6 is 23.4 Å². The predicted octanol–water partition coefficient (Wildman–Crippen LogP) is 5.01. The molecule has 1 aromatic heterocycles. The summed E-state index contributed by atoms with van der Waals surface area (Å²) in [7, 11) is 3.10. The first kappa shape index (κ1) is 24.5. The minimum absolute atomic E-state index is 0.129. The number of hydrogen-bond acceptors (Lipinski definition) is 7. The predicted molar refractivity (Wildman–Crippen MR) is 130 cm³/mol. The zero-order chi connectivity index (χ0) is 23.8. The van der Waals surface area contributed by atoms with Crippen LogP contribution in [-0.2, 0) is 11.3 Å². The lowest BCUT2D eigenvalue weighted by Crippen LogP contribution is -2.16. The van der Waals surface area contributed by atoms with Crippen LogP contribution in [0, 0.1) is 0 Å². The maximum atomic E-state index is 12.6. The third-order valence-corrected chi connectivity index (χ3v) is 5.86. The van der Waals surface area contributed by atoms with Gasteiger partial charge < -0.3 is 19.5 Å². The first-order valence-electron chi connectivity index (χ1n) is 10.1. The van der Waals surface area contributed by atoms with Gasteiger partial charge in [0.2, 0.25) is 5.91 Å². The molecule has 33 heavy (non-hydrogen) atoms. The van der Waals surface area contributed by atoms with Crippen molar-refractivity contribution in [3.63, 3.8) is 0 Å². The van der Waals surface area contributed by atoms with Crippen LogP contribution in [-0.4, -0.2) is 40.6 Å². The molecule has 10 heteroatoms. The van der Waals surface area contributed by atoms with Crippen molar-refractivity contribution in [1.29, 1.82) is 0 Å². The van der Waals surface area contributed by atoms with Crippen molar-refractivity contribution in [3.8, 4) is 17.2 Å². The van der Waals surface area contributed by atoms with Crippen molar-refractivity contribution >= 4 is 35.0 Å². The van der Waals surface area contributed by atoms with E-state index >= 15 is 0 Å². The molecule has 1 atom stereocenters. The number of aromatic nitrogens is 3. The minimum Gasteiger partial charge on any atom is -0.497 e. The Kier molecular flexibility index (Phi) is 8.62. The molecule has 8 nitrogen and oxygen atoms in total. The van der Waals surface area contributed by atoms with E-state index in [-0.39, 0.29) is 11.7 Å². The molecule has 0 aliphatic rings. The van der Waals surface area contributed by atoms with Gasteiger partial charge in [-0.2, -0.15) is 0 Å². The van der Waals surface area contributed by atoms with Crippen LogP contribution in [0.5, 0.6) is 17.2 Å². The van der Waals surface area contributed by atoms with Crippen LogP contribution in [0.4, 0.5) is 5.69 Å². The highest BCUT2D eigenvalue weighted by Gasteiger charge is 2.20. The normalized spacial score (nSPS) is 11.5. The Bertz CT molecular complexity index is 1120. The Hall–Kier alpha value is -3.17. The fourth-order valence-corrected chi connectivity index (χ4v) is 3.94. The summed E-state index contributed by atoms with van der Waals surface area (Å²) in [5, 5.41) is 12.5. The highest BCUT2D eigenvalue weighted by atomic mass is 35.5. The van der Waals surface area contributed by atoms with Gasteiger partial charge in [-0.25, -0.2) is 0 Å². The molecular weight excluding hydrogens is 464 g/mol. The van der Waals surface area contributed by atoms with E-state index in [1.165, 1.54) is 18.9 Å². The number of rotatable bonds is 11. The number of para-hydroxylation sites is 1. The molecule has 3 aromatic rings. The summed E-state index contributed by atoms with van der Waals surface area (Å²) in [6.45, 7) is 6.14. The fourth-order valence-electron chi connectivity index (χ4n) is 3.01. The number of thioether (sulfide) groups is 1. The van der Waals surface area contributed by atoms with E-state index in [2.05, 4.69) is 22.1 Å². The van der Waals surface area contributed by atoms with E-state index in [0.29, 0.717) is 45.5 Å². The van der Waals surface area contributed by atoms with Gasteiger partial charge in [-0.15, -0.1) is 16.8 Å². The van der Waals surface area contributed by atoms with E-state index in [4.69, 9.17) is 25.8 Å². The van der Waals surface area contributed by atoms with Crippen molar-refractivity contribution in [2.75, 3.05) is 25.3 Å². The van der Waals surface area contributed by atoms with Gasteiger partial charge in [-0.05, 0) is 31.2 Å². The largest absolute Gasteiger partial charge is 0.497 e. The molecule has 1 unspecified atom stereocenters. The van der Waals surface area contributed by atoms with Crippen LogP contribution in [0.1, 0.15) is 18.9 Å². The van der Waals surface area contributed by atoms with Gasteiger partial charge in [0, 0.05) is 12.6 Å². The summed E-state index contributed by atoms with van der Waals surface area (Å²) >= 11 is 7.47. The van der Waals surface area contributed by atoms with Gasteiger partial charge in [-0.1, -0.05) is 41.6 Å². The van der Waals surface area contributed by atoms with Crippen molar-refractivity contribution in [2.24, 2.45) is 0 Å². The minimum atomic E-state index is -0.413. The van der Waals surface area contributed by atoms with Gasteiger partial charge >= 0.3 is 0 Å². The van der Waals surface area contributed by atoms with Crippen molar-refractivity contribution in [2.45, 2.75) is 24.7 Å². The first-order chi connectivity index (χ1) is 16.0. The monoisotopic (exact) mass is 488 g/mol. The molecule has 0 saturated carbocycles. The lowest BCUT2D eigenvalue weighted by Gasteiger charge is -2.16. The van der Waals surface area contributed by atoms with Crippen LogP contribution in [0.3, 0.4) is 0 Å². The smallest absolute Gasteiger partial charge is 0.234 e. The molecule has 0 bridgehead atoms. The highest BCUT2D eigenvalue weighted by Crippen LogP contribution is 2.31. The third-order valence-electron chi connectivity index (χ3n) is 4.58. The molecule has 174 valence electrons. The number of carbonyl (C=O) groups excluding carboxylic acids is 1. The molecule has 1 N–H and O–H groups in total. The van der Waals surface area contributed by atoms with Gasteiger partial charge in [0.05, 0.1) is 30.7 Å². The van der Waals surface area contributed by atoms with Crippen molar-refractivity contribution in [1.82, 2.24) is 14.8 Å². The second-order valence-electron chi connectivity index (χ2n) is 6.83. The Labute approximate surface area is 201 Å². The molecule has 2 aromatic carbocycles. The zero-order valence-electron chi connectivity index (χ0n) is 18.6. The molecule has 0 fully saturated rings. The SMILES string of the molecule is C=CCn1c(SCC(=O)Nc2ccc(OC)cc2OC)nnc1C(C)Oc1ccccc1Cl. The number of nitrogens with zero attached hydrogens (tertiary/aromatic N) is 3. The molecule has 0 aliphatic heterocycles. The third kappa shape index (κ3) is 6.21. The van der Waals surface area contributed by atoms with Crippen LogP contribution < -0.4 is 19.5 Å². The summed E-state index contributed by atoms with van der Waals surface area (Å²) in [5.41, 5.74) is 0.555. The number of halogens is 1. The molecule has 1 heterocycles. The number of benzene rings is 2. The highest BCUT2D eigenvalue weighted by molar-refractivity contribution is 7.99.